The van der Waals surface area contributed by atoms with Crippen LogP contribution in [-0.4, -0.2) is 44.9 Å². The van der Waals surface area contributed by atoms with Gasteiger partial charge in [-0.1, -0.05) is 18.0 Å². The third kappa shape index (κ3) is 3.13. The molecule has 0 saturated heterocycles. The van der Waals surface area contributed by atoms with Gasteiger partial charge in [-0.3, -0.25) is 5.32 Å². The Morgan fingerprint density at radius 3 is 2.94 bits per heavy atom. The monoisotopic (exact) mass is 256 g/mol. The zero-order valence-electron chi connectivity index (χ0n) is 10.9. The number of carbonyl (C=O) groups is 1. The lowest BCUT2D eigenvalue weighted by molar-refractivity contribution is -0.158. The summed E-state index contributed by atoms with van der Waals surface area (Å²) in [6.07, 6.45) is 3.28. The molecule has 0 amide bonds. The average molecular weight is 256 g/mol. The first kappa shape index (κ1) is 14.8. The number of carbonyl (C=O) groups excluding carboxylic acids is 1. The molecule has 0 aromatic carbocycles. The van der Waals surface area contributed by atoms with Crippen molar-refractivity contribution in [3.8, 4) is 0 Å². The molecule has 2 atom stereocenters. The van der Waals surface area contributed by atoms with Crippen molar-refractivity contribution in [2.75, 3.05) is 27.3 Å². The Labute approximate surface area is 106 Å². The lowest BCUT2D eigenvalue weighted by atomic mass is 9.79. The summed E-state index contributed by atoms with van der Waals surface area (Å²) >= 11 is 0. The fourth-order valence-corrected chi connectivity index (χ4v) is 2.52. The highest BCUT2D eigenvalue weighted by Crippen LogP contribution is 2.31. The van der Waals surface area contributed by atoms with Crippen LogP contribution >= 0.6 is 0 Å². The molecule has 102 valence electrons. The Hall–Kier alpha value is -1.30. The Balaban J connectivity index is 2.78. The largest absolute Gasteiger partial charge is 0.468 e. The number of methoxy groups -OCH3 is 2. The van der Waals surface area contributed by atoms with Gasteiger partial charge >= 0.3 is 5.97 Å². The van der Waals surface area contributed by atoms with Crippen molar-refractivity contribution in [3.63, 3.8) is 0 Å². The van der Waals surface area contributed by atoms with E-state index in [0.717, 1.165) is 19.3 Å². The summed E-state index contributed by atoms with van der Waals surface area (Å²) in [7, 11) is 2.98. The Bertz CT molecular complexity index is 330. The second-order valence-corrected chi connectivity index (χ2v) is 4.31. The summed E-state index contributed by atoms with van der Waals surface area (Å²) in [5.41, 5.74) is 7.42. The molecule has 0 bridgehead atoms. The van der Waals surface area contributed by atoms with E-state index < -0.39 is 5.54 Å². The van der Waals surface area contributed by atoms with Gasteiger partial charge in [0.05, 0.1) is 13.2 Å². The standard InChI is InChI=1S/C11H20N4O3/c1-17-9-5-3-4-6-11(9,10(16)18-2)13-7-8-14-15-12/h9,13H,3-8H2,1-2H3. The summed E-state index contributed by atoms with van der Waals surface area (Å²) in [5, 5.41) is 6.61. The molecular weight excluding hydrogens is 236 g/mol. The van der Waals surface area contributed by atoms with Gasteiger partial charge in [-0.2, -0.15) is 0 Å². The van der Waals surface area contributed by atoms with Crippen molar-refractivity contribution in [1.29, 1.82) is 0 Å². The molecule has 0 aromatic heterocycles. The van der Waals surface area contributed by atoms with Gasteiger partial charge in [0.1, 0.15) is 5.54 Å². The first-order chi connectivity index (χ1) is 8.71. The van der Waals surface area contributed by atoms with Crippen LogP contribution in [0.3, 0.4) is 0 Å². The lowest BCUT2D eigenvalue weighted by Gasteiger charge is -2.41. The summed E-state index contributed by atoms with van der Waals surface area (Å²) in [5.74, 6) is -0.310. The van der Waals surface area contributed by atoms with Crippen molar-refractivity contribution >= 4 is 5.97 Å². The SMILES string of the molecule is COC(=O)C1(NCCN=[N+]=[N-])CCCCC1OC. The van der Waals surface area contributed by atoms with Crippen molar-refractivity contribution in [3.05, 3.63) is 10.4 Å². The molecule has 0 radical (unpaired) electrons. The third-order valence-corrected chi connectivity index (χ3v) is 3.39. The zero-order chi connectivity index (χ0) is 13.4. The van der Waals surface area contributed by atoms with E-state index in [1.165, 1.54) is 7.11 Å². The van der Waals surface area contributed by atoms with E-state index in [1.54, 1.807) is 7.11 Å². The maximum absolute atomic E-state index is 12.1. The summed E-state index contributed by atoms with van der Waals surface area (Å²) in [4.78, 5) is 14.7. The molecule has 1 aliphatic rings. The second-order valence-electron chi connectivity index (χ2n) is 4.31. The molecule has 1 fully saturated rings. The van der Waals surface area contributed by atoms with Crippen LogP contribution in [0.2, 0.25) is 0 Å². The van der Waals surface area contributed by atoms with Crippen LogP contribution in [-0.2, 0) is 14.3 Å². The molecule has 18 heavy (non-hydrogen) atoms. The van der Waals surface area contributed by atoms with Gasteiger partial charge < -0.3 is 9.47 Å². The first-order valence-corrected chi connectivity index (χ1v) is 6.08. The third-order valence-electron chi connectivity index (χ3n) is 3.39. The molecular formula is C11H20N4O3. The Kier molecular flexibility index (Phi) is 5.91. The highest BCUT2D eigenvalue weighted by molar-refractivity contribution is 5.81. The minimum absolute atomic E-state index is 0.204. The Morgan fingerprint density at radius 1 is 1.56 bits per heavy atom. The van der Waals surface area contributed by atoms with Crippen molar-refractivity contribution in [2.24, 2.45) is 5.11 Å². The van der Waals surface area contributed by atoms with Crippen LogP contribution in [0.15, 0.2) is 5.11 Å². The molecule has 1 rings (SSSR count). The van der Waals surface area contributed by atoms with Gasteiger partial charge in [-0.25, -0.2) is 4.79 Å². The summed E-state index contributed by atoms with van der Waals surface area (Å²) in [6, 6.07) is 0. The summed E-state index contributed by atoms with van der Waals surface area (Å²) in [6.45, 7) is 0.727. The van der Waals surface area contributed by atoms with Crippen LogP contribution in [0.25, 0.3) is 10.4 Å². The van der Waals surface area contributed by atoms with E-state index in [1.807, 2.05) is 0 Å². The highest BCUT2D eigenvalue weighted by Gasteiger charge is 2.48. The molecule has 2 unspecified atom stereocenters. The van der Waals surface area contributed by atoms with Gasteiger partial charge in [-0.05, 0) is 18.4 Å². The number of ether oxygens (including phenoxy) is 2. The fraction of sp³-hybridized carbons (Fsp3) is 0.909. The van der Waals surface area contributed by atoms with Crippen LogP contribution < -0.4 is 5.32 Å². The van der Waals surface area contributed by atoms with E-state index in [-0.39, 0.29) is 12.1 Å². The predicted molar refractivity (Wildman–Crippen MR) is 66.0 cm³/mol. The molecule has 1 aliphatic carbocycles. The van der Waals surface area contributed by atoms with Crippen molar-refractivity contribution in [1.82, 2.24) is 5.32 Å². The number of azide groups is 1. The number of nitrogens with zero attached hydrogens (tertiary/aromatic N) is 3. The topological polar surface area (TPSA) is 96.3 Å². The van der Waals surface area contributed by atoms with E-state index in [4.69, 9.17) is 15.0 Å². The Morgan fingerprint density at radius 2 is 2.33 bits per heavy atom. The highest BCUT2D eigenvalue weighted by atomic mass is 16.5. The lowest BCUT2D eigenvalue weighted by Crippen LogP contribution is -2.63. The number of esters is 1. The van der Waals surface area contributed by atoms with Crippen LogP contribution in [0.4, 0.5) is 0 Å². The van der Waals surface area contributed by atoms with Crippen molar-refractivity contribution < 1.29 is 14.3 Å². The van der Waals surface area contributed by atoms with Gasteiger partial charge in [0.15, 0.2) is 0 Å². The van der Waals surface area contributed by atoms with Gasteiger partial charge in [0, 0.05) is 25.1 Å². The maximum atomic E-state index is 12.1. The molecule has 1 saturated carbocycles. The summed E-state index contributed by atoms with van der Waals surface area (Å²) < 4.78 is 10.3. The van der Waals surface area contributed by atoms with Gasteiger partial charge in [-0.15, -0.1) is 0 Å². The maximum Gasteiger partial charge on any atom is 0.328 e. The smallest absolute Gasteiger partial charge is 0.328 e. The molecule has 0 heterocycles. The van der Waals surface area contributed by atoms with E-state index >= 15 is 0 Å². The predicted octanol–water partition coefficient (Wildman–Crippen LogP) is 1.39. The van der Waals surface area contributed by atoms with Gasteiger partial charge in [0.25, 0.3) is 0 Å². The minimum Gasteiger partial charge on any atom is -0.468 e. The van der Waals surface area contributed by atoms with Crippen LogP contribution in [0, 0.1) is 0 Å². The number of rotatable bonds is 6. The molecule has 0 aliphatic heterocycles. The van der Waals surface area contributed by atoms with Gasteiger partial charge in [0.2, 0.25) is 0 Å². The zero-order valence-corrected chi connectivity index (χ0v) is 10.9. The number of nitrogens with one attached hydrogen (secondary N) is 1. The van der Waals surface area contributed by atoms with Crippen molar-refractivity contribution in [2.45, 2.75) is 37.3 Å². The van der Waals surface area contributed by atoms with Crippen LogP contribution in [0.1, 0.15) is 25.7 Å². The molecule has 0 spiro atoms. The molecule has 7 heteroatoms. The molecule has 7 nitrogen and oxygen atoms in total. The van der Waals surface area contributed by atoms with E-state index in [9.17, 15) is 4.79 Å². The van der Waals surface area contributed by atoms with E-state index in [0.29, 0.717) is 19.5 Å². The average Bonchev–Trinajstić information content (AvgIpc) is 2.43. The number of hydrogen-bond donors (Lipinski definition) is 1. The molecule has 1 N–H and O–H groups in total. The van der Waals surface area contributed by atoms with E-state index in [2.05, 4.69) is 15.3 Å². The second kappa shape index (κ2) is 7.20. The number of hydrogen-bond acceptors (Lipinski definition) is 5. The quantitative estimate of drug-likeness (QED) is 0.255. The minimum atomic E-state index is -0.813. The van der Waals surface area contributed by atoms with Crippen LogP contribution in [0.5, 0.6) is 0 Å². The normalized spacial score (nSPS) is 27.3. The fourth-order valence-electron chi connectivity index (χ4n) is 2.52. The first-order valence-electron chi connectivity index (χ1n) is 6.08. The molecule has 0 aromatic rings.